The molecule has 0 aliphatic rings. The van der Waals surface area contributed by atoms with Crippen LogP contribution >= 0.6 is 0 Å². The normalized spacial score (nSPS) is 11.1. The van der Waals surface area contributed by atoms with Crippen LogP contribution in [0.3, 0.4) is 0 Å². The van der Waals surface area contributed by atoms with E-state index in [0.29, 0.717) is 5.75 Å². The summed E-state index contributed by atoms with van der Waals surface area (Å²) in [5, 5.41) is 10.3. The molecular formula is C24H42O. The van der Waals surface area contributed by atoms with Crippen LogP contribution in [0.15, 0.2) is 18.2 Å². The number of unbranched alkanes of at least 4 members (excludes halogenated alkanes) is 12. The lowest BCUT2D eigenvalue weighted by Crippen LogP contribution is -1.96. The second kappa shape index (κ2) is 15.3. The number of phenolic OH excluding ortho intramolecular Hbond substituents is 1. The van der Waals surface area contributed by atoms with E-state index < -0.39 is 0 Å². The molecule has 0 unspecified atom stereocenters. The van der Waals surface area contributed by atoms with Crippen LogP contribution in [0.1, 0.15) is 115 Å². The molecule has 1 aromatic carbocycles. The Balaban J connectivity index is 2.25. The third-order valence-corrected chi connectivity index (χ3v) is 5.33. The van der Waals surface area contributed by atoms with Gasteiger partial charge in [0.05, 0.1) is 0 Å². The van der Waals surface area contributed by atoms with E-state index in [1.807, 2.05) is 12.1 Å². The third kappa shape index (κ3) is 10.6. The molecule has 1 aromatic rings. The van der Waals surface area contributed by atoms with Gasteiger partial charge < -0.3 is 5.11 Å². The van der Waals surface area contributed by atoms with Gasteiger partial charge in [0.25, 0.3) is 0 Å². The van der Waals surface area contributed by atoms with Gasteiger partial charge in [-0.2, -0.15) is 0 Å². The molecule has 0 aliphatic carbocycles. The van der Waals surface area contributed by atoms with E-state index in [1.165, 1.54) is 101 Å². The summed E-state index contributed by atoms with van der Waals surface area (Å²) in [6.07, 6.45) is 21.0. The van der Waals surface area contributed by atoms with E-state index in [1.54, 1.807) is 0 Å². The minimum Gasteiger partial charge on any atom is -0.508 e. The Kier molecular flexibility index (Phi) is 13.5. The first-order valence-corrected chi connectivity index (χ1v) is 11.1. The highest BCUT2D eigenvalue weighted by atomic mass is 16.3. The largest absolute Gasteiger partial charge is 0.508 e. The van der Waals surface area contributed by atoms with Gasteiger partial charge in [-0.3, -0.25) is 0 Å². The zero-order valence-electron chi connectivity index (χ0n) is 17.0. The van der Waals surface area contributed by atoms with E-state index in [2.05, 4.69) is 19.9 Å². The number of hydrogen-bond donors (Lipinski definition) is 1. The quantitative estimate of drug-likeness (QED) is 0.301. The molecule has 1 rings (SSSR count). The van der Waals surface area contributed by atoms with Crippen molar-refractivity contribution in [2.45, 2.75) is 117 Å². The van der Waals surface area contributed by atoms with Crippen molar-refractivity contribution < 1.29 is 5.11 Å². The molecule has 144 valence electrons. The lowest BCUT2D eigenvalue weighted by Gasteiger charge is -2.12. The summed E-state index contributed by atoms with van der Waals surface area (Å²) in [5.74, 6) is 0.520. The molecule has 1 N–H and O–H groups in total. The molecule has 25 heavy (non-hydrogen) atoms. The summed E-state index contributed by atoms with van der Waals surface area (Å²) >= 11 is 0. The molecule has 0 aromatic heterocycles. The van der Waals surface area contributed by atoms with E-state index in [9.17, 15) is 5.11 Å². The van der Waals surface area contributed by atoms with Crippen LogP contribution in [-0.2, 0) is 12.8 Å². The Morgan fingerprint density at radius 1 is 0.600 bits per heavy atom. The standard InChI is InChI=1S/C24H42O/c1-3-5-7-9-11-12-14-16-20-23-22(19-17-21-24(23)25)18-15-13-10-8-6-4-2/h17,19,21,25H,3-16,18,20H2,1-2H3. The van der Waals surface area contributed by atoms with Gasteiger partial charge in [-0.05, 0) is 42.9 Å². The zero-order chi connectivity index (χ0) is 18.2. The molecular weight excluding hydrogens is 304 g/mol. The third-order valence-electron chi connectivity index (χ3n) is 5.33. The summed E-state index contributed by atoms with van der Waals surface area (Å²) in [5.41, 5.74) is 2.61. The van der Waals surface area contributed by atoms with Crippen molar-refractivity contribution >= 4 is 0 Å². The van der Waals surface area contributed by atoms with Crippen LogP contribution in [0.25, 0.3) is 0 Å². The molecule has 0 radical (unpaired) electrons. The summed E-state index contributed by atoms with van der Waals surface area (Å²) < 4.78 is 0. The van der Waals surface area contributed by atoms with E-state index in [0.717, 1.165) is 12.8 Å². The van der Waals surface area contributed by atoms with Crippen LogP contribution in [0.2, 0.25) is 0 Å². The molecule has 0 amide bonds. The Morgan fingerprint density at radius 3 is 1.64 bits per heavy atom. The lowest BCUT2D eigenvalue weighted by molar-refractivity contribution is 0.464. The van der Waals surface area contributed by atoms with E-state index >= 15 is 0 Å². The van der Waals surface area contributed by atoms with Gasteiger partial charge in [-0.25, -0.2) is 0 Å². The molecule has 0 bridgehead atoms. The van der Waals surface area contributed by atoms with Crippen LogP contribution in [0, 0.1) is 0 Å². The number of phenols is 1. The summed E-state index contributed by atoms with van der Waals surface area (Å²) in [7, 11) is 0. The predicted octanol–water partition coefficient (Wildman–Crippen LogP) is 7.98. The number of aromatic hydroxyl groups is 1. The Morgan fingerprint density at radius 2 is 1.08 bits per heavy atom. The van der Waals surface area contributed by atoms with Crippen LogP contribution < -0.4 is 0 Å². The molecule has 0 heterocycles. The molecule has 1 nitrogen and oxygen atoms in total. The van der Waals surface area contributed by atoms with Crippen molar-refractivity contribution in [2.75, 3.05) is 0 Å². The van der Waals surface area contributed by atoms with Gasteiger partial charge >= 0.3 is 0 Å². The molecule has 0 saturated heterocycles. The van der Waals surface area contributed by atoms with Gasteiger partial charge in [0.2, 0.25) is 0 Å². The van der Waals surface area contributed by atoms with Crippen molar-refractivity contribution in [1.82, 2.24) is 0 Å². The molecule has 0 spiro atoms. The molecule has 0 fully saturated rings. The number of aryl methyl sites for hydroxylation is 1. The Hall–Kier alpha value is -0.980. The second-order valence-electron chi connectivity index (χ2n) is 7.66. The van der Waals surface area contributed by atoms with E-state index in [-0.39, 0.29) is 0 Å². The topological polar surface area (TPSA) is 20.2 Å². The van der Waals surface area contributed by atoms with Gasteiger partial charge in [-0.1, -0.05) is 103 Å². The first-order valence-electron chi connectivity index (χ1n) is 11.1. The Bertz CT molecular complexity index is 424. The first kappa shape index (κ1) is 22.1. The highest BCUT2D eigenvalue weighted by Gasteiger charge is 2.07. The minimum atomic E-state index is 0.520. The maximum atomic E-state index is 10.3. The summed E-state index contributed by atoms with van der Waals surface area (Å²) in [6, 6.07) is 6.11. The van der Waals surface area contributed by atoms with Gasteiger partial charge in [-0.15, -0.1) is 0 Å². The molecule has 0 aliphatic heterocycles. The zero-order valence-corrected chi connectivity index (χ0v) is 17.0. The van der Waals surface area contributed by atoms with E-state index in [4.69, 9.17) is 0 Å². The summed E-state index contributed by atoms with van der Waals surface area (Å²) in [6.45, 7) is 4.54. The maximum absolute atomic E-state index is 10.3. The van der Waals surface area contributed by atoms with Crippen molar-refractivity contribution in [3.05, 3.63) is 29.3 Å². The average Bonchev–Trinajstić information content (AvgIpc) is 2.62. The number of benzene rings is 1. The van der Waals surface area contributed by atoms with Crippen molar-refractivity contribution in [1.29, 1.82) is 0 Å². The fourth-order valence-electron chi connectivity index (χ4n) is 3.68. The van der Waals surface area contributed by atoms with Crippen LogP contribution in [0.4, 0.5) is 0 Å². The predicted molar refractivity (Wildman–Crippen MR) is 112 cm³/mol. The first-order chi connectivity index (χ1) is 12.3. The van der Waals surface area contributed by atoms with Crippen LogP contribution in [0.5, 0.6) is 5.75 Å². The monoisotopic (exact) mass is 346 g/mol. The molecule has 1 heteroatoms. The molecule has 0 atom stereocenters. The second-order valence-corrected chi connectivity index (χ2v) is 7.66. The van der Waals surface area contributed by atoms with Crippen molar-refractivity contribution in [3.63, 3.8) is 0 Å². The SMILES string of the molecule is CCCCCCCCCCc1c(O)cccc1CCCCCCCC. The lowest BCUT2D eigenvalue weighted by atomic mass is 9.95. The fourth-order valence-corrected chi connectivity index (χ4v) is 3.68. The van der Waals surface area contributed by atoms with Gasteiger partial charge in [0, 0.05) is 0 Å². The average molecular weight is 347 g/mol. The molecule has 0 saturated carbocycles. The van der Waals surface area contributed by atoms with Crippen LogP contribution in [-0.4, -0.2) is 5.11 Å². The highest BCUT2D eigenvalue weighted by Crippen LogP contribution is 2.25. The van der Waals surface area contributed by atoms with Crippen molar-refractivity contribution in [2.24, 2.45) is 0 Å². The Labute approximate surface area is 157 Å². The summed E-state index contributed by atoms with van der Waals surface area (Å²) in [4.78, 5) is 0. The highest BCUT2D eigenvalue weighted by molar-refractivity contribution is 5.39. The van der Waals surface area contributed by atoms with Crippen molar-refractivity contribution in [3.8, 4) is 5.75 Å². The number of rotatable bonds is 16. The number of hydrogen-bond acceptors (Lipinski definition) is 1. The van der Waals surface area contributed by atoms with Gasteiger partial charge in [0.1, 0.15) is 5.75 Å². The maximum Gasteiger partial charge on any atom is 0.119 e. The minimum absolute atomic E-state index is 0.520. The fraction of sp³-hybridized carbons (Fsp3) is 0.750. The smallest absolute Gasteiger partial charge is 0.119 e. The van der Waals surface area contributed by atoms with Gasteiger partial charge in [0.15, 0.2) is 0 Å².